The first-order chi connectivity index (χ1) is 13.4. The van der Waals surface area contributed by atoms with Crippen molar-refractivity contribution in [1.29, 1.82) is 0 Å². The van der Waals surface area contributed by atoms with E-state index in [1.165, 1.54) is 24.3 Å². The van der Waals surface area contributed by atoms with E-state index in [-0.39, 0.29) is 17.1 Å². The van der Waals surface area contributed by atoms with Gasteiger partial charge >= 0.3 is 0 Å². The zero-order chi connectivity index (χ0) is 20.6. The zero-order valence-corrected chi connectivity index (χ0v) is 16.5. The molecule has 10 heteroatoms. The Hall–Kier alpha value is -2.85. The first kappa shape index (κ1) is 21.5. The lowest BCUT2D eigenvalue weighted by atomic mass is 10.3. The number of nitro groups is 1. The van der Waals surface area contributed by atoms with Gasteiger partial charge in [0.25, 0.3) is 5.69 Å². The second-order valence-electron chi connectivity index (χ2n) is 5.60. The van der Waals surface area contributed by atoms with Gasteiger partial charge in [0.2, 0.25) is 10.0 Å². The molecule has 0 amide bonds. The maximum atomic E-state index is 12.5. The monoisotopic (exact) mass is 409 g/mol. The van der Waals surface area contributed by atoms with Gasteiger partial charge in [0, 0.05) is 37.0 Å². The normalized spacial score (nSPS) is 11.1. The van der Waals surface area contributed by atoms with Crippen molar-refractivity contribution in [1.82, 2.24) is 4.72 Å². The van der Waals surface area contributed by atoms with Crippen LogP contribution < -0.4 is 19.5 Å². The number of hydrogen-bond acceptors (Lipinski definition) is 7. The maximum absolute atomic E-state index is 12.5. The number of anilines is 1. The lowest BCUT2D eigenvalue weighted by molar-refractivity contribution is -0.384. The summed E-state index contributed by atoms with van der Waals surface area (Å²) >= 11 is 0. The van der Waals surface area contributed by atoms with Crippen LogP contribution in [0, 0.1) is 10.1 Å². The number of sulfonamides is 1. The molecule has 0 aromatic heterocycles. The number of nitrogens with one attached hydrogen (secondary N) is 2. The number of nitrogens with zero attached hydrogens (tertiary/aromatic N) is 1. The van der Waals surface area contributed by atoms with Crippen LogP contribution in [0.1, 0.15) is 13.8 Å². The van der Waals surface area contributed by atoms with Crippen molar-refractivity contribution in [2.45, 2.75) is 18.7 Å². The molecule has 0 aliphatic rings. The van der Waals surface area contributed by atoms with Crippen molar-refractivity contribution < 1.29 is 22.8 Å². The maximum Gasteiger partial charge on any atom is 0.269 e. The van der Waals surface area contributed by atoms with Crippen LogP contribution in [-0.2, 0) is 10.0 Å². The molecule has 2 aromatic carbocycles. The van der Waals surface area contributed by atoms with Gasteiger partial charge in [0.1, 0.15) is 0 Å². The van der Waals surface area contributed by atoms with Crippen molar-refractivity contribution in [2.75, 3.05) is 31.6 Å². The lowest BCUT2D eigenvalue weighted by Crippen LogP contribution is -2.29. The highest BCUT2D eigenvalue weighted by Crippen LogP contribution is 2.30. The molecular weight excluding hydrogens is 386 g/mol. The van der Waals surface area contributed by atoms with Crippen LogP contribution >= 0.6 is 0 Å². The van der Waals surface area contributed by atoms with E-state index in [4.69, 9.17) is 9.47 Å². The van der Waals surface area contributed by atoms with Crippen molar-refractivity contribution in [3.63, 3.8) is 0 Å². The summed E-state index contributed by atoms with van der Waals surface area (Å²) in [5.74, 6) is 0.861. The van der Waals surface area contributed by atoms with Crippen LogP contribution in [0.4, 0.5) is 11.4 Å². The molecule has 0 bridgehead atoms. The highest BCUT2D eigenvalue weighted by atomic mass is 32.2. The smallest absolute Gasteiger partial charge is 0.269 e. The molecule has 0 fully saturated rings. The Kier molecular flexibility index (Phi) is 7.59. The Morgan fingerprint density at radius 2 is 1.61 bits per heavy atom. The minimum absolute atomic E-state index is 0.00754. The first-order valence-corrected chi connectivity index (χ1v) is 10.2. The molecule has 0 atom stereocenters. The summed E-state index contributed by atoms with van der Waals surface area (Å²) < 4.78 is 38.4. The van der Waals surface area contributed by atoms with Gasteiger partial charge in [-0.25, -0.2) is 13.1 Å². The Morgan fingerprint density at radius 3 is 2.21 bits per heavy atom. The largest absolute Gasteiger partial charge is 0.490 e. The van der Waals surface area contributed by atoms with Crippen molar-refractivity contribution in [2.24, 2.45) is 0 Å². The molecule has 0 radical (unpaired) electrons. The molecule has 9 nitrogen and oxygen atoms in total. The molecule has 2 N–H and O–H groups in total. The zero-order valence-electron chi connectivity index (χ0n) is 15.7. The van der Waals surface area contributed by atoms with E-state index in [9.17, 15) is 18.5 Å². The van der Waals surface area contributed by atoms with E-state index < -0.39 is 14.9 Å². The van der Waals surface area contributed by atoms with Crippen molar-refractivity contribution >= 4 is 21.4 Å². The Balaban J connectivity index is 1.95. The Labute approximate surface area is 163 Å². The van der Waals surface area contributed by atoms with E-state index in [2.05, 4.69) is 10.0 Å². The van der Waals surface area contributed by atoms with E-state index in [0.29, 0.717) is 36.9 Å². The molecule has 0 aliphatic heterocycles. The van der Waals surface area contributed by atoms with Crippen LogP contribution in [0.25, 0.3) is 0 Å². The van der Waals surface area contributed by atoms with Gasteiger partial charge < -0.3 is 14.8 Å². The number of rotatable bonds is 11. The number of benzene rings is 2. The summed E-state index contributed by atoms with van der Waals surface area (Å²) in [7, 11) is -3.72. The third kappa shape index (κ3) is 5.83. The fourth-order valence-corrected chi connectivity index (χ4v) is 3.42. The van der Waals surface area contributed by atoms with Crippen LogP contribution in [0.2, 0.25) is 0 Å². The number of ether oxygens (including phenoxy) is 2. The predicted molar refractivity (Wildman–Crippen MR) is 106 cm³/mol. The molecular formula is C18H23N3O6S. The van der Waals surface area contributed by atoms with Gasteiger partial charge in [-0.3, -0.25) is 10.1 Å². The van der Waals surface area contributed by atoms with E-state index in [1.54, 1.807) is 25.1 Å². The van der Waals surface area contributed by atoms with Crippen molar-refractivity contribution in [3.05, 3.63) is 52.6 Å². The Morgan fingerprint density at radius 1 is 0.964 bits per heavy atom. The van der Waals surface area contributed by atoms with Gasteiger partial charge in [-0.2, -0.15) is 0 Å². The molecule has 152 valence electrons. The fourth-order valence-electron chi connectivity index (χ4n) is 2.38. The SMILES string of the molecule is CCOc1ccc(S(=O)(=O)NCCNc2ccc([N+](=O)[O-])cc2)cc1OCC. The average Bonchev–Trinajstić information content (AvgIpc) is 2.67. The van der Waals surface area contributed by atoms with E-state index in [0.717, 1.165) is 0 Å². The first-order valence-electron chi connectivity index (χ1n) is 8.75. The molecule has 0 saturated heterocycles. The predicted octanol–water partition coefficient (Wildman–Crippen LogP) is 2.78. The molecule has 0 aliphatic carbocycles. The minimum Gasteiger partial charge on any atom is -0.490 e. The second-order valence-corrected chi connectivity index (χ2v) is 7.37. The molecule has 2 rings (SSSR count). The van der Waals surface area contributed by atoms with Crippen LogP contribution in [0.5, 0.6) is 11.5 Å². The quantitative estimate of drug-likeness (QED) is 0.333. The van der Waals surface area contributed by atoms with Gasteiger partial charge in [-0.05, 0) is 38.1 Å². The summed E-state index contributed by atoms with van der Waals surface area (Å²) in [5.41, 5.74) is 0.649. The highest BCUT2D eigenvalue weighted by molar-refractivity contribution is 7.89. The topological polar surface area (TPSA) is 120 Å². The Bertz CT molecular complexity index is 900. The molecule has 0 spiro atoms. The number of non-ortho nitro benzene ring substituents is 1. The van der Waals surface area contributed by atoms with Crippen molar-refractivity contribution in [3.8, 4) is 11.5 Å². The summed E-state index contributed by atoms with van der Waals surface area (Å²) in [4.78, 5) is 10.2. The highest BCUT2D eigenvalue weighted by Gasteiger charge is 2.17. The van der Waals surface area contributed by atoms with Gasteiger partial charge in [0.05, 0.1) is 23.0 Å². The summed E-state index contributed by atoms with van der Waals surface area (Å²) in [6, 6.07) is 10.3. The molecule has 2 aromatic rings. The van der Waals surface area contributed by atoms with E-state index >= 15 is 0 Å². The molecule has 28 heavy (non-hydrogen) atoms. The summed E-state index contributed by atoms with van der Waals surface area (Å²) in [6.07, 6.45) is 0. The van der Waals surface area contributed by atoms with Crippen LogP contribution in [0.15, 0.2) is 47.4 Å². The third-order valence-electron chi connectivity index (χ3n) is 3.65. The van der Waals surface area contributed by atoms with Gasteiger partial charge in [-0.1, -0.05) is 0 Å². The fraction of sp³-hybridized carbons (Fsp3) is 0.333. The van der Waals surface area contributed by atoms with Gasteiger partial charge in [-0.15, -0.1) is 0 Å². The molecule has 0 unspecified atom stereocenters. The summed E-state index contributed by atoms with van der Waals surface area (Å²) in [5, 5.41) is 13.6. The second kappa shape index (κ2) is 9.90. The number of nitro benzene ring substituents is 1. The third-order valence-corrected chi connectivity index (χ3v) is 5.11. The lowest BCUT2D eigenvalue weighted by Gasteiger charge is -2.13. The van der Waals surface area contributed by atoms with E-state index in [1.807, 2.05) is 6.92 Å². The standard InChI is InChI=1S/C18H23N3O6S/c1-3-26-17-10-9-16(13-18(17)27-4-2)28(24,25)20-12-11-19-14-5-7-15(8-6-14)21(22)23/h5-10,13,19-20H,3-4,11-12H2,1-2H3. The average molecular weight is 409 g/mol. The van der Waals surface area contributed by atoms with Crippen LogP contribution in [0.3, 0.4) is 0 Å². The van der Waals surface area contributed by atoms with Crippen LogP contribution in [-0.4, -0.2) is 39.6 Å². The molecule has 0 saturated carbocycles. The summed E-state index contributed by atoms with van der Waals surface area (Å²) in [6.45, 7) is 4.91. The number of hydrogen-bond donors (Lipinski definition) is 2. The van der Waals surface area contributed by atoms with Gasteiger partial charge in [0.15, 0.2) is 11.5 Å². The molecule has 0 heterocycles. The minimum atomic E-state index is -3.72.